The number of thiophene rings is 1. The van der Waals surface area contributed by atoms with Crippen LogP contribution in [0, 0.1) is 0 Å². The number of alkyl halides is 3. The van der Waals surface area contributed by atoms with Gasteiger partial charge >= 0.3 is 6.18 Å². The molecule has 21 heavy (non-hydrogen) atoms. The van der Waals surface area contributed by atoms with Crippen LogP contribution in [0.2, 0.25) is 4.34 Å². The molecule has 0 bridgehead atoms. The van der Waals surface area contributed by atoms with Crippen LogP contribution in [0.25, 0.3) is 0 Å². The molecule has 1 heterocycles. The van der Waals surface area contributed by atoms with Crippen LogP contribution in [0.15, 0.2) is 30.3 Å². The number of nitrogens with two attached hydrogens (primary N) is 1. The average Bonchev–Trinajstić information content (AvgIpc) is 2.82. The van der Waals surface area contributed by atoms with Crippen molar-refractivity contribution in [3.05, 3.63) is 50.7 Å². The van der Waals surface area contributed by atoms with E-state index in [0.717, 1.165) is 10.9 Å². The molecule has 0 aliphatic rings. The number of rotatable bonds is 4. The molecule has 1 aromatic carbocycles. The summed E-state index contributed by atoms with van der Waals surface area (Å²) in [5, 5.41) is 0. The van der Waals surface area contributed by atoms with Crippen LogP contribution >= 0.6 is 22.9 Å². The van der Waals surface area contributed by atoms with Crippen molar-refractivity contribution in [3.8, 4) is 0 Å². The van der Waals surface area contributed by atoms with Gasteiger partial charge in [-0.1, -0.05) is 17.7 Å². The Hall–Kier alpha value is -1.24. The summed E-state index contributed by atoms with van der Waals surface area (Å²) >= 11 is 7.26. The first-order chi connectivity index (χ1) is 9.81. The van der Waals surface area contributed by atoms with E-state index in [1.165, 1.54) is 17.4 Å². The Morgan fingerprint density at radius 2 is 1.95 bits per heavy atom. The van der Waals surface area contributed by atoms with E-state index < -0.39 is 11.7 Å². The Bertz CT molecular complexity index is 625. The lowest BCUT2D eigenvalue weighted by Gasteiger charge is -2.21. The molecule has 0 unspecified atom stereocenters. The molecule has 2 N–H and O–H groups in total. The molecular formula is C14H14ClF3N2S. The van der Waals surface area contributed by atoms with Crippen LogP contribution in [0.5, 0.6) is 0 Å². The number of halogens is 4. The van der Waals surface area contributed by atoms with E-state index in [1.807, 2.05) is 6.07 Å². The van der Waals surface area contributed by atoms with Crippen LogP contribution in [0.1, 0.15) is 16.0 Å². The molecule has 0 amide bonds. The van der Waals surface area contributed by atoms with E-state index >= 15 is 0 Å². The summed E-state index contributed by atoms with van der Waals surface area (Å²) in [6.07, 6.45) is -4.40. The van der Waals surface area contributed by atoms with Crippen LogP contribution < -0.4 is 10.6 Å². The summed E-state index contributed by atoms with van der Waals surface area (Å²) < 4.78 is 39.7. The number of nitrogens with zero attached hydrogens (tertiary/aromatic N) is 1. The zero-order valence-electron chi connectivity index (χ0n) is 11.2. The second kappa shape index (κ2) is 6.25. The Kier molecular flexibility index (Phi) is 4.81. The normalized spacial score (nSPS) is 11.7. The Morgan fingerprint density at radius 1 is 1.24 bits per heavy atom. The third-order valence-electron chi connectivity index (χ3n) is 3.08. The average molecular weight is 335 g/mol. The molecule has 0 saturated heterocycles. The summed E-state index contributed by atoms with van der Waals surface area (Å²) in [4.78, 5) is 2.73. The molecule has 0 aliphatic heterocycles. The van der Waals surface area contributed by atoms with Crippen LogP contribution in [0.3, 0.4) is 0 Å². The van der Waals surface area contributed by atoms with Crippen molar-refractivity contribution in [1.82, 2.24) is 0 Å². The van der Waals surface area contributed by atoms with E-state index in [-0.39, 0.29) is 12.1 Å². The number of benzene rings is 1. The molecule has 1 aromatic heterocycles. The molecule has 2 nitrogen and oxygen atoms in total. The van der Waals surface area contributed by atoms with Gasteiger partial charge in [-0.05, 0) is 29.8 Å². The fourth-order valence-corrected chi connectivity index (χ4v) is 3.15. The second-order valence-corrected chi connectivity index (χ2v) is 6.40. The van der Waals surface area contributed by atoms with Gasteiger partial charge in [0.05, 0.1) is 16.4 Å². The summed E-state index contributed by atoms with van der Waals surface area (Å²) in [6, 6.07) is 7.84. The SMILES string of the molecule is CN(Cc1ccc(Cl)s1)c1ccc(CN)c(C(F)(F)F)c1. The molecule has 0 atom stereocenters. The van der Waals surface area contributed by atoms with Crippen molar-refractivity contribution < 1.29 is 13.2 Å². The fourth-order valence-electron chi connectivity index (χ4n) is 2.01. The first-order valence-electron chi connectivity index (χ1n) is 6.17. The fraction of sp³-hybridized carbons (Fsp3) is 0.286. The van der Waals surface area contributed by atoms with Gasteiger partial charge in [0.1, 0.15) is 0 Å². The highest BCUT2D eigenvalue weighted by Gasteiger charge is 2.33. The van der Waals surface area contributed by atoms with Crippen molar-refractivity contribution in [3.63, 3.8) is 0 Å². The molecule has 2 aromatic rings. The minimum absolute atomic E-state index is 0.0961. The van der Waals surface area contributed by atoms with Gasteiger partial charge in [-0.2, -0.15) is 13.2 Å². The number of anilines is 1. The topological polar surface area (TPSA) is 29.3 Å². The second-order valence-electron chi connectivity index (χ2n) is 4.61. The third-order valence-corrected chi connectivity index (χ3v) is 4.30. The minimum atomic E-state index is -4.40. The molecule has 7 heteroatoms. The van der Waals surface area contributed by atoms with Crippen molar-refractivity contribution in [2.75, 3.05) is 11.9 Å². The summed E-state index contributed by atoms with van der Waals surface area (Å²) in [5.74, 6) is 0. The van der Waals surface area contributed by atoms with Crippen molar-refractivity contribution >= 4 is 28.6 Å². The van der Waals surface area contributed by atoms with E-state index in [1.54, 1.807) is 24.1 Å². The van der Waals surface area contributed by atoms with Gasteiger partial charge in [0.15, 0.2) is 0 Å². The summed E-state index contributed by atoms with van der Waals surface area (Å²) in [5.41, 5.74) is 5.28. The predicted octanol–water partition coefficient (Wildman–Crippen LogP) is 4.52. The standard InChI is InChI=1S/C14H14ClF3N2S/c1-20(8-11-4-5-13(15)21-11)10-3-2-9(7-19)12(6-10)14(16,17)18/h2-6H,7-8,19H2,1H3. The zero-order chi connectivity index (χ0) is 15.6. The first kappa shape index (κ1) is 16.1. The van der Waals surface area contributed by atoms with E-state index in [2.05, 4.69) is 0 Å². The lowest BCUT2D eigenvalue weighted by atomic mass is 10.1. The van der Waals surface area contributed by atoms with Gasteiger partial charge in [-0.15, -0.1) is 11.3 Å². The van der Waals surface area contributed by atoms with Crippen molar-refractivity contribution in [1.29, 1.82) is 0 Å². The van der Waals surface area contributed by atoms with E-state index in [0.29, 0.717) is 16.6 Å². The van der Waals surface area contributed by atoms with Crippen molar-refractivity contribution in [2.24, 2.45) is 5.73 Å². The van der Waals surface area contributed by atoms with Gasteiger partial charge in [0, 0.05) is 24.2 Å². The van der Waals surface area contributed by atoms with E-state index in [4.69, 9.17) is 17.3 Å². The van der Waals surface area contributed by atoms with Gasteiger partial charge in [-0.25, -0.2) is 0 Å². The van der Waals surface area contributed by atoms with Crippen molar-refractivity contribution in [2.45, 2.75) is 19.3 Å². The zero-order valence-corrected chi connectivity index (χ0v) is 12.8. The molecule has 0 saturated carbocycles. The first-order valence-corrected chi connectivity index (χ1v) is 7.36. The molecule has 114 valence electrons. The molecule has 0 aliphatic carbocycles. The lowest BCUT2D eigenvalue weighted by molar-refractivity contribution is -0.138. The maximum Gasteiger partial charge on any atom is 0.416 e. The molecular weight excluding hydrogens is 321 g/mol. The third kappa shape index (κ3) is 3.90. The maximum atomic E-state index is 13.0. The minimum Gasteiger partial charge on any atom is -0.369 e. The molecule has 0 radical (unpaired) electrons. The number of hydrogen-bond acceptors (Lipinski definition) is 3. The maximum absolute atomic E-state index is 13.0. The largest absolute Gasteiger partial charge is 0.416 e. The Labute approximate surface area is 129 Å². The quantitative estimate of drug-likeness (QED) is 0.891. The molecule has 0 fully saturated rings. The van der Waals surface area contributed by atoms with Crippen LogP contribution in [-0.2, 0) is 19.3 Å². The monoisotopic (exact) mass is 334 g/mol. The highest BCUT2D eigenvalue weighted by atomic mass is 35.5. The molecule has 0 spiro atoms. The van der Waals surface area contributed by atoms with Gasteiger partial charge in [0.2, 0.25) is 0 Å². The van der Waals surface area contributed by atoms with Crippen LogP contribution in [0.4, 0.5) is 18.9 Å². The smallest absolute Gasteiger partial charge is 0.369 e. The molecule has 2 rings (SSSR count). The highest BCUT2D eigenvalue weighted by molar-refractivity contribution is 7.16. The Balaban J connectivity index is 2.27. The summed E-state index contributed by atoms with van der Waals surface area (Å²) in [7, 11) is 1.74. The van der Waals surface area contributed by atoms with Gasteiger partial charge in [0.25, 0.3) is 0 Å². The van der Waals surface area contributed by atoms with Crippen LogP contribution in [-0.4, -0.2) is 7.05 Å². The lowest BCUT2D eigenvalue weighted by Crippen LogP contribution is -2.18. The Morgan fingerprint density at radius 3 is 2.48 bits per heavy atom. The number of hydrogen-bond donors (Lipinski definition) is 1. The van der Waals surface area contributed by atoms with Gasteiger partial charge < -0.3 is 10.6 Å². The summed E-state index contributed by atoms with van der Waals surface area (Å²) in [6.45, 7) is 0.357. The van der Waals surface area contributed by atoms with E-state index in [9.17, 15) is 13.2 Å². The van der Waals surface area contributed by atoms with Gasteiger partial charge in [-0.3, -0.25) is 0 Å². The predicted molar refractivity (Wildman–Crippen MR) is 80.8 cm³/mol. The highest BCUT2D eigenvalue weighted by Crippen LogP contribution is 2.35.